The normalized spacial score (nSPS) is 11.5. The lowest BCUT2D eigenvalue weighted by atomic mass is 10.1. The molecule has 0 fully saturated rings. The molecule has 6 nitrogen and oxygen atoms in total. The van der Waals surface area contributed by atoms with Crippen LogP contribution >= 0.6 is 0 Å². The predicted octanol–water partition coefficient (Wildman–Crippen LogP) is -0.268. The van der Waals surface area contributed by atoms with Crippen LogP contribution < -0.4 is 21.3 Å². The lowest BCUT2D eigenvalue weighted by Gasteiger charge is -2.12. The molecule has 1 rings (SSSR count). The van der Waals surface area contributed by atoms with Crippen molar-refractivity contribution in [1.29, 1.82) is 0 Å². The second-order valence-electron chi connectivity index (χ2n) is 3.82. The SMILES string of the molecule is COc1ccc(CC(=O)N[C@@H](C)C(=O)NN)cc1. The van der Waals surface area contributed by atoms with E-state index in [1.54, 1.807) is 38.3 Å². The van der Waals surface area contributed by atoms with Gasteiger partial charge in [0.15, 0.2) is 0 Å². The number of benzene rings is 1. The van der Waals surface area contributed by atoms with Crippen molar-refractivity contribution in [3.8, 4) is 5.75 Å². The molecule has 0 saturated heterocycles. The van der Waals surface area contributed by atoms with E-state index in [1.807, 2.05) is 5.43 Å². The Morgan fingerprint density at radius 3 is 2.44 bits per heavy atom. The van der Waals surface area contributed by atoms with Gasteiger partial charge in [0.05, 0.1) is 13.5 Å². The third-order valence-corrected chi connectivity index (χ3v) is 2.44. The maximum Gasteiger partial charge on any atom is 0.256 e. The molecule has 18 heavy (non-hydrogen) atoms. The third-order valence-electron chi connectivity index (χ3n) is 2.44. The Balaban J connectivity index is 2.51. The van der Waals surface area contributed by atoms with Crippen LogP contribution in [0.1, 0.15) is 12.5 Å². The molecule has 2 amide bonds. The Morgan fingerprint density at radius 1 is 1.33 bits per heavy atom. The van der Waals surface area contributed by atoms with Gasteiger partial charge < -0.3 is 10.1 Å². The maximum absolute atomic E-state index is 11.6. The highest BCUT2D eigenvalue weighted by atomic mass is 16.5. The number of methoxy groups -OCH3 is 1. The van der Waals surface area contributed by atoms with E-state index in [2.05, 4.69) is 5.32 Å². The maximum atomic E-state index is 11.6. The summed E-state index contributed by atoms with van der Waals surface area (Å²) >= 11 is 0. The van der Waals surface area contributed by atoms with Crippen LogP contribution in [0, 0.1) is 0 Å². The molecule has 0 heterocycles. The van der Waals surface area contributed by atoms with Crippen molar-refractivity contribution in [2.24, 2.45) is 5.84 Å². The molecule has 0 bridgehead atoms. The van der Waals surface area contributed by atoms with Gasteiger partial charge in [-0.25, -0.2) is 5.84 Å². The number of ether oxygens (including phenoxy) is 1. The van der Waals surface area contributed by atoms with E-state index in [0.29, 0.717) is 0 Å². The molecule has 1 aromatic rings. The zero-order valence-corrected chi connectivity index (χ0v) is 10.4. The summed E-state index contributed by atoms with van der Waals surface area (Å²) < 4.78 is 5.02. The summed E-state index contributed by atoms with van der Waals surface area (Å²) in [7, 11) is 1.58. The largest absolute Gasteiger partial charge is 0.497 e. The Kier molecular flexibility index (Phi) is 5.13. The monoisotopic (exact) mass is 251 g/mol. The number of hydrogen-bond donors (Lipinski definition) is 3. The van der Waals surface area contributed by atoms with E-state index in [4.69, 9.17) is 10.6 Å². The van der Waals surface area contributed by atoms with Gasteiger partial charge in [-0.05, 0) is 24.6 Å². The molecule has 4 N–H and O–H groups in total. The quantitative estimate of drug-likeness (QED) is 0.381. The van der Waals surface area contributed by atoms with E-state index >= 15 is 0 Å². The fourth-order valence-corrected chi connectivity index (χ4v) is 1.41. The van der Waals surface area contributed by atoms with Gasteiger partial charge in [0.1, 0.15) is 11.8 Å². The summed E-state index contributed by atoms with van der Waals surface area (Å²) in [5, 5.41) is 2.55. The van der Waals surface area contributed by atoms with Crippen molar-refractivity contribution < 1.29 is 14.3 Å². The zero-order valence-electron chi connectivity index (χ0n) is 10.4. The molecule has 0 spiro atoms. The van der Waals surface area contributed by atoms with Crippen LogP contribution in [0.15, 0.2) is 24.3 Å². The lowest BCUT2D eigenvalue weighted by Crippen LogP contribution is -2.47. The number of nitrogens with one attached hydrogen (secondary N) is 2. The predicted molar refractivity (Wildman–Crippen MR) is 66.6 cm³/mol. The molecule has 1 aromatic carbocycles. The van der Waals surface area contributed by atoms with Gasteiger partial charge in [-0.3, -0.25) is 15.0 Å². The van der Waals surface area contributed by atoms with Gasteiger partial charge in [-0.2, -0.15) is 0 Å². The second kappa shape index (κ2) is 6.61. The minimum Gasteiger partial charge on any atom is -0.497 e. The molecule has 6 heteroatoms. The Bertz CT molecular complexity index is 417. The Morgan fingerprint density at radius 2 is 1.94 bits per heavy atom. The highest BCUT2D eigenvalue weighted by Gasteiger charge is 2.14. The number of hydrazine groups is 1. The van der Waals surface area contributed by atoms with E-state index in [0.717, 1.165) is 11.3 Å². The summed E-state index contributed by atoms with van der Waals surface area (Å²) in [4.78, 5) is 22.8. The summed E-state index contributed by atoms with van der Waals surface area (Å²) in [6, 6.07) is 6.50. The molecule has 0 aromatic heterocycles. The number of carbonyl (C=O) groups is 2. The first-order valence-electron chi connectivity index (χ1n) is 5.49. The minimum absolute atomic E-state index is 0.201. The molecular weight excluding hydrogens is 234 g/mol. The van der Waals surface area contributed by atoms with Crippen molar-refractivity contribution in [2.45, 2.75) is 19.4 Å². The molecule has 0 radical (unpaired) electrons. The average molecular weight is 251 g/mol. The first-order valence-corrected chi connectivity index (χ1v) is 5.49. The molecule has 98 valence electrons. The number of nitrogens with two attached hydrogens (primary N) is 1. The average Bonchev–Trinajstić information content (AvgIpc) is 2.38. The van der Waals surface area contributed by atoms with E-state index in [-0.39, 0.29) is 12.3 Å². The number of hydrogen-bond acceptors (Lipinski definition) is 4. The highest BCUT2D eigenvalue weighted by Crippen LogP contribution is 2.11. The minimum atomic E-state index is -0.652. The molecule has 0 aliphatic rings. The van der Waals surface area contributed by atoms with Gasteiger partial charge in [-0.15, -0.1) is 0 Å². The van der Waals surface area contributed by atoms with Crippen LogP contribution in [0.5, 0.6) is 5.75 Å². The van der Waals surface area contributed by atoms with Gasteiger partial charge in [-0.1, -0.05) is 12.1 Å². The third kappa shape index (κ3) is 4.06. The van der Waals surface area contributed by atoms with Gasteiger partial charge in [0.2, 0.25) is 5.91 Å². The van der Waals surface area contributed by atoms with Crippen LogP contribution in [0.2, 0.25) is 0 Å². The van der Waals surface area contributed by atoms with Crippen molar-refractivity contribution >= 4 is 11.8 Å². The van der Waals surface area contributed by atoms with E-state index < -0.39 is 11.9 Å². The first kappa shape index (κ1) is 14.0. The van der Waals surface area contributed by atoms with Gasteiger partial charge in [0, 0.05) is 0 Å². The molecule has 0 unspecified atom stereocenters. The van der Waals surface area contributed by atoms with Gasteiger partial charge >= 0.3 is 0 Å². The molecule has 0 aliphatic carbocycles. The molecule has 0 saturated carbocycles. The highest BCUT2D eigenvalue weighted by molar-refractivity contribution is 5.87. The number of carbonyl (C=O) groups excluding carboxylic acids is 2. The summed E-state index contributed by atoms with van der Waals surface area (Å²) in [5.41, 5.74) is 2.82. The summed E-state index contributed by atoms with van der Waals surface area (Å²) in [5.74, 6) is 5.03. The van der Waals surface area contributed by atoms with E-state index in [9.17, 15) is 9.59 Å². The van der Waals surface area contributed by atoms with Crippen LogP contribution in [0.4, 0.5) is 0 Å². The van der Waals surface area contributed by atoms with Crippen LogP contribution in [-0.2, 0) is 16.0 Å². The number of amides is 2. The standard InChI is InChI=1S/C12H17N3O3/c1-8(12(17)15-13)14-11(16)7-9-3-5-10(18-2)6-4-9/h3-6,8H,7,13H2,1-2H3,(H,14,16)(H,15,17)/t8-/m0/s1. The molecule has 0 aliphatic heterocycles. The summed E-state index contributed by atoms with van der Waals surface area (Å²) in [6.45, 7) is 1.56. The van der Waals surface area contributed by atoms with Crippen molar-refractivity contribution in [1.82, 2.24) is 10.7 Å². The Labute approximate surface area is 105 Å². The van der Waals surface area contributed by atoms with Crippen molar-refractivity contribution in [3.63, 3.8) is 0 Å². The van der Waals surface area contributed by atoms with Crippen LogP contribution in [0.3, 0.4) is 0 Å². The fourth-order valence-electron chi connectivity index (χ4n) is 1.41. The fraction of sp³-hybridized carbons (Fsp3) is 0.333. The number of rotatable bonds is 5. The van der Waals surface area contributed by atoms with Crippen molar-refractivity contribution in [2.75, 3.05) is 7.11 Å². The Hall–Kier alpha value is -2.08. The van der Waals surface area contributed by atoms with Gasteiger partial charge in [0.25, 0.3) is 5.91 Å². The second-order valence-corrected chi connectivity index (χ2v) is 3.82. The summed E-state index contributed by atoms with van der Waals surface area (Å²) in [6.07, 6.45) is 0.201. The zero-order chi connectivity index (χ0) is 13.5. The first-order chi connectivity index (χ1) is 8.56. The molecule has 1 atom stereocenters. The van der Waals surface area contributed by atoms with Crippen LogP contribution in [-0.4, -0.2) is 25.0 Å². The van der Waals surface area contributed by atoms with Crippen molar-refractivity contribution in [3.05, 3.63) is 29.8 Å². The lowest BCUT2D eigenvalue weighted by molar-refractivity contribution is -0.128. The van der Waals surface area contributed by atoms with E-state index in [1.165, 1.54) is 0 Å². The van der Waals surface area contributed by atoms with Crippen LogP contribution in [0.25, 0.3) is 0 Å². The smallest absolute Gasteiger partial charge is 0.256 e. The topological polar surface area (TPSA) is 93.4 Å². The molecular formula is C12H17N3O3.